The quantitative estimate of drug-likeness (QED) is 0.215. The first kappa shape index (κ1) is 24.3. The number of imide groups is 1. The lowest BCUT2D eigenvalue weighted by Crippen LogP contribution is -2.27. The van der Waals surface area contributed by atoms with Crippen LogP contribution in [-0.2, 0) is 17.9 Å². The average molecular weight is 585 g/mol. The summed E-state index contributed by atoms with van der Waals surface area (Å²) in [5.41, 5.74) is 3.89. The predicted octanol–water partition coefficient (Wildman–Crippen LogP) is 6.81. The first-order chi connectivity index (χ1) is 16.4. The summed E-state index contributed by atoms with van der Waals surface area (Å²) in [4.78, 5) is 27.2. The Kier molecular flexibility index (Phi) is 7.95. The number of carbonyl (C=O) groups is 2. The third kappa shape index (κ3) is 5.82. The van der Waals surface area contributed by atoms with Crippen molar-refractivity contribution in [1.82, 2.24) is 4.90 Å². The van der Waals surface area contributed by atoms with E-state index in [9.17, 15) is 9.59 Å². The van der Waals surface area contributed by atoms with Crippen molar-refractivity contribution in [3.05, 3.63) is 97.5 Å². The fourth-order valence-corrected chi connectivity index (χ4v) is 5.09. The van der Waals surface area contributed by atoms with Crippen molar-refractivity contribution in [2.75, 3.05) is 6.61 Å². The fourth-order valence-electron chi connectivity index (χ4n) is 3.47. The summed E-state index contributed by atoms with van der Waals surface area (Å²) >= 11 is 3.17. The molecule has 0 radical (unpaired) electrons. The van der Waals surface area contributed by atoms with E-state index in [-0.39, 0.29) is 17.7 Å². The molecule has 3 aromatic rings. The molecule has 1 fully saturated rings. The van der Waals surface area contributed by atoms with Gasteiger partial charge in [0.25, 0.3) is 11.1 Å². The van der Waals surface area contributed by atoms with Crippen LogP contribution in [0.2, 0.25) is 0 Å². The second-order valence-corrected chi connectivity index (χ2v) is 9.95. The Bertz CT molecular complexity index is 1230. The zero-order valence-electron chi connectivity index (χ0n) is 18.9. The van der Waals surface area contributed by atoms with E-state index >= 15 is 0 Å². The van der Waals surface area contributed by atoms with Gasteiger partial charge in [-0.05, 0) is 83.1 Å². The molecule has 0 spiro atoms. The van der Waals surface area contributed by atoms with Crippen LogP contribution in [0.25, 0.3) is 6.08 Å². The Labute approximate surface area is 217 Å². The molecule has 0 N–H and O–H groups in total. The number of rotatable bonds is 8. The Morgan fingerprint density at radius 3 is 2.41 bits per heavy atom. The van der Waals surface area contributed by atoms with Crippen LogP contribution in [0.4, 0.5) is 4.79 Å². The second kappa shape index (κ2) is 11.1. The van der Waals surface area contributed by atoms with Crippen molar-refractivity contribution in [2.24, 2.45) is 0 Å². The number of hydrogen-bond donors (Lipinski definition) is 0. The SMILES string of the molecule is CCOc1cc(/C=C2\SC(=O)N(Cc3ccc(C)cc3)C2=O)cc(I)c1OCc1ccccc1. The van der Waals surface area contributed by atoms with Crippen LogP contribution >= 0.6 is 34.4 Å². The van der Waals surface area contributed by atoms with Gasteiger partial charge in [0.05, 0.1) is 21.6 Å². The van der Waals surface area contributed by atoms with E-state index in [0.717, 1.165) is 37.6 Å². The number of nitrogens with zero attached hydrogens (tertiary/aromatic N) is 1. The highest BCUT2D eigenvalue weighted by Gasteiger charge is 2.35. The number of carbonyl (C=O) groups excluding carboxylic acids is 2. The van der Waals surface area contributed by atoms with Crippen LogP contribution in [-0.4, -0.2) is 22.7 Å². The van der Waals surface area contributed by atoms with Crippen LogP contribution in [0.5, 0.6) is 11.5 Å². The van der Waals surface area contributed by atoms with Gasteiger partial charge in [-0.25, -0.2) is 0 Å². The van der Waals surface area contributed by atoms with E-state index in [1.54, 1.807) is 6.08 Å². The van der Waals surface area contributed by atoms with Crippen LogP contribution in [0, 0.1) is 10.5 Å². The molecule has 0 saturated carbocycles. The number of halogens is 1. The Balaban J connectivity index is 1.55. The summed E-state index contributed by atoms with van der Waals surface area (Å²) < 4.78 is 12.8. The van der Waals surface area contributed by atoms with Crippen molar-refractivity contribution in [2.45, 2.75) is 27.0 Å². The molecule has 34 heavy (non-hydrogen) atoms. The van der Waals surface area contributed by atoms with Gasteiger partial charge in [0, 0.05) is 0 Å². The maximum absolute atomic E-state index is 13.0. The van der Waals surface area contributed by atoms with Gasteiger partial charge in [0.15, 0.2) is 11.5 Å². The predicted molar refractivity (Wildman–Crippen MR) is 144 cm³/mol. The van der Waals surface area contributed by atoms with Crippen LogP contribution < -0.4 is 9.47 Å². The minimum Gasteiger partial charge on any atom is -0.490 e. The molecule has 0 aromatic heterocycles. The van der Waals surface area contributed by atoms with Crippen molar-refractivity contribution in [1.29, 1.82) is 0 Å². The van der Waals surface area contributed by atoms with Gasteiger partial charge >= 0.3 is 0 Å². The fraction of sp³-hybridized carbons (Fsp3) is 0.185. The van der Waals surface area contributed by atoms with Crippen LogP contribution in [0.1, 0.15) is 29.2 Å². The molecule has 1 aliphatic heterocycles. The largest absolute Gasteiger partial charge is 0.490 e. The summed E-state index contributed by atoms with van der Waals surface area (Å²) in [6.07, 6.45) is 1.74. The van der Waals surface area contributed by atoms with E-state index in [0.29, 0.717) is 29.6 Å². The molecule has 4 rings (SSSR count). The van der Waals surface area contributed by atoms with E-state index < -0.39 is 0 Å². The molecular formula is C27H24INO4S. The third-order valence-electron chi connectivity index (χ3n) is 5.19. The number of hydrogen-bond acceptors (Lipinski definition) is 5. The molecule has 0 atom stereocenters. The second-order valence-electron chi connectivity index (χ2n) is 7.79. The summed E-state index contributed by atoms with van der Waals surface area (Å²) in [7, 11) is 0. The molecule has 1 aliphatic rings. The van der Waals surface area contributed by atoms with Gasteiger partial charge in [0.2, 0.25) is 0 Å². The van der Waals surface area contributed by atoms with Gasteiger partial charge in [-0.15, -0.1) is 0 Å². The molecule has 1 saturated heterocycles. The maximum atomic E-state index is 13.0. The maximum Gasteiger partial charge on any atom is 0.293 e. The van der Waals surface area contributed by atoms with E-state index in [1.807, 2.05) is 80.6 Å². The van der Waals surface area contributed by atoms with Crippen molar-refractivity contribution in [3.8, 4) is 11.5 Å². The molecule has 0 bridgehead atoms. The number of ether oxygens (including phenoxy) is 2. The van der Waals surface area contributed by atoms with Gasteiger partial charge < -0.3 is 9.47 Å². The van der Waals surface area contributed by atoms with Gasteiger partial charge in [-0.1, -0.05) is 60.2 Å². The van der Waals surface area contributed by atoms with Gasteiger partial charge in [-0.3, -0.25) is 14.5 Å². The minimum atomic E-state index is -0.284. The molecule has 0 unspecified atom stereocenters. The first-order valence-electron chi connectivity index (χ1n) is 10.9. The summed E-state index contributed by atoms with van der Waals surface area (Å²) in [5, 5.41) is -0.264. The molecular weight excluding hydrogens is 561 g/mol. The number of amides is 2. The highest BCUT2D eigenvalue weighted by molar-refractivity contribution is 14.1. The number of aryl methyl sites for hydroxylation is 1. The Morgan fingerprint density at radius 1 is 0.971 bits per heavy atom. The summed E-state index contributed by atoms with van der Waals surface area (Å²) in [5.74, 6) is 0.986. The molecule has 0 aliphatic carbocycles. The normalized spacial score (nSPS) is 14.7. The minimum absolute atomic E-state index is 0.260. The van der Waals surface area contributed by atoms with E-state index in [2.05, 4.69) is 22.6 Å². The average Bonchev–Trinajstić information content (AvgIpc) is 3.08. The van der Waals surface area contributed by atoms with Crippen molar-refractivity contribution in [3.63, 3.8) is 0 Å². The van der Waals surface area contributed by atoms with Gasteiger partial charge in [-0.2, -0.15) is 0 Å². The van der Waals surface area contributed by atoms with E-state index in [1.165, 1.54) is 4.90 Å². The highest BCUT2D eigenvalue weighted by atomic mass is 127. The molecule has 5 nitrogen and oxygen atoms in total. The Hall–Kier alpha value is -2.78. The summed E-state index contributed by atoms with van der Waals surface area (Å²) in [6, 6.07) is 21.5. The number of benzene rings is 3. The van der Waals surface area contributed by atoms with Gasteiger partial charge in [0.1, 0.15) is 6.61 Å². The molecule has 1 heterocycles. The molecule has 3 aromatic carbocycles. The molecule has 2 amide bonds. The summed E-state index contributed by atoms with van der Waals surface area (Å²) in [6.45, 7) is 5.08. The third-order valence-corrected chi connectivity index (χ3v) is 6.90. The Morgan fingerprint density at radius 2 is 1.71 bits per heavy atom. The molecule has 174 valence electrons. The number of thioether (sulfide) groups is 1. The molecule has 7 heteroatoms. The zero-order chi connectivity index (χ0) is 24.1. The lowest BCUT2D eigenvalue weighted by Gasteiger charge is -2.15. The highest BCUT2D eigenvalue weighted by Crippen LogP contribution is 2.38. The van der Waals surface area contributed by atoms with Crippen LogP contribution in [0.15, 0.2) is 71.6 Å². The van der Waals surface area contributed by atoms with Crippen molar-refractivity contribution < 1.29 is 19.1 Å². The van der Waals surface area contributed by atoms with E-state index in [4.69, 9.17) is 9.47 Å². The zero-order valence-corrected chi connectivity index (χ0v) is 21.9. The standard InChI is InChI=1S/C27H24INO4S/c1-3-32-23-14-21(13-22(28)25(23)33-17-20-7-5-4-6-8-20)15-24-26(30)29(27(31)34-24)16-19-11-9-18(2)10-12-19/h4-15H,3,16-17H2,1-2H3/b24-15-. The monoisotopic (exact) mass is 585 g/mol. The first-order valence-corrected chi connectivity index (χ1v) is 12.8. The van der Waals surface area contributed by atoms with Crippen molar-refractivity contribution >= 4 is 51.6 Å². The lowest BCUT2D eigenvalue weighted by atomic mass is 10.1. The topological polar surface area (TPSA) is 55.8 Å². The lowest BCUT2D eigenvalue weighted by molar-refractivity contribution is -0.123. The smallest absolute Gasteiger partial charge is 0.293 e. The van der Waals surface area contributed by atoms with Crippen LogP contribution in [0.3, 0.4) is 0 Å².